The topological polar surface area (TPSA) is 71.1 Å². The Morgan fingerprint density at radius 1 is 1.56 bits per heavy atom. The Labute approximate surface area is 93.0 Å². The highest BCUT2D eigenvalue weighted by Crippen LogP contribution is 2.38. The van der Waals surface area contributed by atoms with Crippen LogP contribution >= 0.6 is 0 Å². The van der Waals surface area contributed by atoms with Crippen molar-refractivity contribution in [2.45, 2.75) is 12.8 Å². The minimum Gasteiger partial charge on any atom is -0.381 e. The van der Waals surface area contributed by atoms with E-state index in [0.29, 0.717) is 5.82 Å². The van der Waals surface area contributed by atoms with Gasteiger partial charge in [0, 0.05) is 25.1 Å². The summed E-state index contributed by atoms with van der Waals surface area (Å²) >= 11 is 0. The molecule has 6 nitrogen and oxygen atoms in total. The monoisotopic (exact) mass is 222 g/mol. The first kappa shape index (κ1) is 9.77. The number of H-pyrrole nitrogens is 1. The summed E-state index contributed by atoms with van der Waals surface area (Å²) in [6.07, 6.45) is 3.62. The molecule has 0 saturated carbocycles. The van der Waals surface area contributed by atoms with E-state index in [4.69, 9.17) is 4.74 Å². The van der Waals surface area contributed by atoms with E-state index < -0.39 is 0 Å². The average Bonchev–Trinajstić information content (AvgIpc) is 2.79. The number of amides is 1. The van der Waals surface area contributed by atoms with Crippen LogP contribution in [-0.2, 0) is 4.74 Å². The van der Waals surface area contributed by atoms with Gasteiger partial charge in [-0.25, -0.2) is 4.98 Å². The zero-order valence-electron chi connectivity index (χ0n) is 8.98. The molecule has 3 rings (SSSR count). The molecule has 1 N–H and O–H groups in total. The van der Waals surface area contributed by atoms with Crippen LogP contribution in [0.15, 0.2) is 6.33 Å². The van der Waals surface area contributed by atoms with Gasteiger partial charge in [-0.1, -0.05) is 0 Å². The molecule has 0 aliphatic carbocycles. The van der Waals surface area contributed by atoms with Gasteiger partial charge in [-0.2, -0.15) is 5.10 Å². The highest BCUT2D eigenvalue weighted by atomic mass is 16.5. The van der Waals surface area contributed by atoms with Crippen molar-refractivity contribution in [3.63, 3.8) is 0 Å². The van der Waals surface area contributed by atoms with Crippen LogP contribution in [0.25, 0.3) is 0 Å². The van der Waals surface area contributed by atoms with Crippen LogP contribution < -0.4 is 0 Å². The van der Waals surface area contributed by atoms with E-state index in [2.05, 4.69) is 15.2 Å². The lowest BCUT2D eigenvalue weighted by molar-refractivity contribution is -0.0865. The summed E-state index contributed by atoms with van der Waals surface area (Å²) in [4.78, 5) is 17.5. The number of likely N-dealkylation sites (tertiary alicyclic amines) is 1. The van der Waals surface area contributed by atoms with Crippen LogP contribution in [0.4, 0.5) is 0 Å². The Bertz CT molecular complexity index is 376. The highest BCUT2D eigenvalue weighted by Gasteiger charge is 2.46. The van der Waals surface area contributed by atoms with Gasteiger partial charge >= 0.3 is 0 Å². The van der Waals surface area contributed by atoms with Crippen LogP contribution in [0.1, 0.15) is 23.5 Å². The molecule has 1 aromatic heterocycles. The maximum atomic E-state index is 11.9. The third-order valence-electron chi connectivity index (χ3n) is 3.36. The fraction of sp³-hybridized carbons (Fsp3) is 0.700. The summed E-state index contributed by atoms with van der Waals surface area (Å²) in [6, 6.07) is 0. The standard InChI is InChI=1S/C10H14N4O2/c15-9(8-11-7-12-13-8)14-4-10(5-14)2-1-3-16-6-10/h7H,1-6H2,(H,11,12,13). The fourth-order valence-electron chi connectivity index (χ4n) is 2.52. The van der Waals surface area contributed by atoms with Gasteiger partial charge in [0.15, 0.2) is 0 Å². The maximum Gasteiger partial charge on any atom is 0.291 e. The Hall–Kier alpha value is -1.43. The summed E-state index contributed by atoms with van der Waals surface area (Å²) in [5, 5.41) is 6.27. The number of carbonyl (C=O) groups excluding carboxylic acids is 1. The first-order valence-electron chi connectivity index (χ1n) is 5.52. The zero-order valence-corrected chi connectivity index (χ0v) is 8.98. The number of nitrogens with zero attached hydrogens (tertiary/aromatic N) is 3. The molecule has 2 aliphatic rings. The lowest BCUT2D eigenvalue weighted by Crippen LogP contribution is -2.61. The molecule has 0 aromatic carbocycles. The first-order valence-corrected chi connectivity index (χ1v) is 5.52. The Morgan fingerprint density at radius 2 is 2.44 bits per heavy atom. The molecular formula is C10H14N4O2. The number of hydrogen-bond acceptors (Lipinski definition) is 4. The molecule has 6 heteroatoms. The lowest BCUT2D eigenvalue weighted by atomic mass is 9.75. The molecule has 0 bridgehead atoms. The molecule has 2 fully saturated rings. The minimum atomic E-state index is -0.0614. The van der Waals surface area contributed by atoms with Crippen molar-refractivity contribution in [3.8, 4) is 0 Å². The minimum absolute atomic E-state index is 0.0614. The van der Waals surface area contributed by atoms with Crippen molar-refractivity contribution in [2.75, 3.05) is 26.3 Å². The second-order valence-electron chi connectivity index (χ2n) is 4.65. The predicted molar refractivity (Wildman–Crippen MR) is 54.8 cm³/mol. The molecule has 3 heterocycles. The van der Waals surface area contributed by atoms with Crippen molar-refractivity contribution in [2.24, 2.45) is 5.41 Å². The van der Waals surface area contributed by atoms with E-state index in [1.807, 2.05) is 0 Å². The van der Waals surface area contributed by atoms with E-state index in [9.17, 15) is 4.79 Å². The fourth-order valence-corrected chi connectivity index (χ4v) is 2.52. The van der Waals surface area contributed by atoms with Crippen molar-refractivity contribution in [3.05, 3.63) is 12.2 Å². The SMILES string of the molecule is O=C(c1ncn[nH]1)N1CC2(CCCOC2)C1. The first-order chi connectivity index (χ1) is 7.79. The molecule has 0 atom stereocenters. The van der Waals surface area contributed by atoms with Crippen LogP contribution in [-0.4, -0.2) is 52.3 Å². The molecule has 1 amide bonds. The Kier molecular flexibility index (Phi) is 2.17. The summed E-state index contributed by atoms with van der Waals surface area (Å²) in [7, 11) is 0. The number of rotatable bonds is 1. The van der Waals surface area contributed by atoms with E-state index >= 15 is 0 Å². The van der Waals surface area contributed by atoms with Crippen molar-refractivity contribution in [1.29, 1.82) is 0 Å². The van der Waals surface area contributed by atoms with Gasteiger partial charge in [-0.15, -0.1) is 0 Å². The molecule has 16 heavy (non-hydrogen) atoms. The Morgan fingerprint density at radius 3 is 3.06 bits per heavy atom. The number of hydrogen-bond donors (Lipinski definition) is 1. The number of aromatic amines is 1. The van der Waals surface area contributed by atoms with Gasteiger partial charge < -0.3 is 9.64 Å². The number of aromatic nitrogens is 3. The summed E-state index contributed by atoms with van der Waals surface area (Å²) in [5.74, 6) is 0.264. The molecular weight excluding hydrogens is 208 g/mol. The molecule has 0 radical (unpaired) electrons. The number of ether oxygens (including phenoxy) is 1. The summed E-state index contributed by atoms with van der Waals surface area (Å²) in [5.41, 5.74) is 0.216. The van der Waals surface area contributed by atoms with Gasteiger partial charge in [-0.05, 0) is 12.8 Å². The molecule has 1 spiro atoms. The highest BCUT2D eigenvalue weighted by molar-refractivity contribution is 5.91. The van der Waals surface area contributed by atoms with Gasteiger partial charge in [0.1, 0.15) is 6.33 Å². The van der Waals surface area contributed by atoms with Gasteiger partial charge in [0.25, 0.3) is 5.91 Å². The average molecular weight is 222 g/mol. The zero-order chi connectivity index (χ0) is 11.0. The molecule has 2 saturated heterocycles. The van der Waals surface area contributed by atoms with Gasteiger partial charge in [0.2, 0.25) is 5.82 Å². The quantitative estimate of drug-likeness (QED) is 0.729. The number of carbonyl (C=O) groups is 1. The van der Waals surface area contributed by atoms with E-state index in [0.717, 1.165) is 39.1 Å². The van der Waals surface area contributed by atoms with E-state index in [1.165, 1.54) is 6.33 Å². The Balaban J connectivity index is 1.62. The van der Waals surface area contributed by atoms with Gasteiger partial charge in [0.05, 0.1) is 6.61 Å². The third kappa shape index (κ3) is 1.49. The van der Waals surface area contributed by atoms with E-state index in [1.54, 1.807) is 4.90 Å². The summed E-state index contributed by atoms with van der Waals surface area (Å²) in [6.45, 7) is 3.21. The molecule has 2 aliphatic heterocycles. The maximum absolute atomic E-state index is 11.9. The van der Waals surface area contributed by atoms with Gasteiger partial charge in [-0.3, -0.25) is 9.89 Å². The second kappa shape index (κ2) is 3.55. The van der Waals surface area contributed by atoms with Crippen LogP contribution in [0.5, 0.6) is 0 Å². The second-order valence-corrected chi connectivity index (χ2v) is 4.65. The van der Waals surface area contributed by atoms with Crippen molar-refractivity contribution in [1.82, 2.24) is 20.1 Å². The van der Waals surface area contributed by atoms with Crippen molar-refractivity contribution >= 4 is 5.91 Å². The summed E-state index contributed by atoms with van der Waals surface area (Å²) < 4.78 is 5.47. The smallest absolute Gasteiger partial charge is 0.291 e. The van der Waals surface area contributed by atoms with Crippen LogP contribution in [0.3, 0.4) is 0 Å². The third-order valence-corrected chi connectivity index (χ3v) is 3.36. The largest absolute Gasteiger partial charge is 0.381 e. The molecule has 1 aromatic rings. The number of nitrogens with one attached hydrogen (secondary N) is 1. The molecule has 86 valence electrons. The van der Waals surface area contributed by atoms with Crippen LogP contribution in [0.2, 0.25) is 0 Å². The lowest BCUT2D eigenvalue weighted by Gasteiger charge is -2.51. The normalized spacial score (nSPS) is 23.1. The molecule has 0 unspecified atom stereocenters. The van der Waals surface area contributed by atoms with E-state index in [-0.39, 0.29) is 11.3 Å². The predicted octanol–water partition coefficient (Wildman–Crippen LogP) is 0.0573. The van der Waals surface area contributed by atoms with Crippen molar-refractivity contribution < 1.29 is 9.53 Å². The van der Waals surface area contributed by atoms with Crippen LogP contribution in [0, 0.1) is 5.41 Å².